The summed E-state index contributed by atoms with van der Waals surface area (Å²) in [5.74, 6) is 3.99. The second-order valence-corrected chi connectivity index (χ2v) is 7.76. The van der Waals surface area contributed by atoms with Gasteiger partial charge in [0, 0.05) is 62.7 Å². The molecule has 27 heavy (non-hydrogen) atoms. The van der Waals surface area contributed by atoms with Crippen LogP contribution in [0, 0.1) is 18.8 Å². The zero-order chi connectivity index (χ0) is 18.4. The van der Waals surface area contributed by atoms with Gasteiger partial charge in [0.1, 0.15) is 11.6 Å². The van der Waals surface area contributed by atoms with Crippen LogP contribution in [0.25, 0.3) is 0 Å². The van der Waals surface area contributed by atoms with Crippen LogP contribution in [-0.2, 0) is 6.42 Å². The Kier molecular flexibility index (Phi) is 4.04. The van der Waals surface area contributed by atoms with E-state index in [1.165, 1.54) is 11.3 Å². The summed E-state index contributed by atoms with van der Waals surface area (Å²) in [6.07, 6.45) is 0.955. The number of hydrogen-bond acceptors (Lipinski definition) is 7. The van der Waals surface area contributed by atoms with Crippen LogP contribution in [-0.4, -0.2) is 49.8 Å². The molecule has 4 heterocycles. The second kappa shape index (κ2) is 6.56. The third-order valence-electron chi connectivity index (χ3n) is 5.86. The van der Waals surface area contributed by atoms with Gasteiger partial charge in [-0.05, 0) is 30.9 Å². The molecule has 1 aromatic heterocycles. The van der Waals surface area contributed by atoms with Gasteiger partial charge in [0.05, 0.1) is 12.3 Å². The van der Waals surface area contributed by atoms with Crippen LogP contribution in [0.1, 0.15) is 11.3 Å². The van der Waals surface area contributed by atoms with Crippen molar-refractivity contribution in [1.29, 1.82) is 0 Å². The summed E-state index contributed by atoms with van der Waals surface area (Å²) in [5, 5.41) is 10.0. The van der Waals surface area contributed by atoms with Crippen molar-refractivity contribution < 1.29 is 4.74 Å². The molecule has 0 saturated carbocycles. The van der Waals surface area contributed by atoms with Crippen LogP contribution in [0.2, 0.25) is 0 Å². The van der Waals surface area contributed by atoms with Gasteiger partial charge in [-0.2, -0.15) is 4.98 Å². The van der Waals surface area contributed by atoms with Crippen LogP contribution in [0.15, 0.2) is 18.2 Å². The van der Waals surface area contributed by atoms with Crippen molar-refractivity contribution in [3.63, 3.8) is 0 Å². The summed E-state index contributed by atoms with van der Waals surface area (Å²) < 4.78 is 6.00. The summed E-state index contributed by atoms with van der Waals surface area (Å²) in [6, 6.07) is 6.31. The molecule has 3 N–H and O–H groups in total. The van der Waals surface area contributed by atoms with Crippen LogP contribution >= 0.6 is 0 Å². The third-order valence-corrected chi connectivity index (χ3v) is 5.86. The maximum atomic E-state index is 6.00. The van der Waals surface area contributed by atoms with Gasteiger partial charge < -0.3 is 25.6 Å². The zero-order valence-corrected chi connectivity index (χ0v) is 15.9. The van der Waals surface area contributed by atoms with Crippen molar-refractivity contribution in [2.45, 2.75) is 13.3 Å². The number of anilines is 4. The normalized spacial score (nSPS) is 23.1. The van der Waals surface area contributed by atoms with Crippen molar-refractivity contribution in [2.24, 2.45) is 11.8 Å². The van der Waals surface area contributed by atoms with Crippen LogP contribution in [0.5, 0.6) is 5.75 Å². The molecule has 0 amide bonds. The number of rotatable bonds is 4. The van der Waals surface area contributed by atoms with Gasteiger partial charge in [-0.15, -0.1) is 0 Å². The third kappa shape index (κ3) is 3.06. The van der Waals surface area contributed by atoms with Crippen LogP contribution in [0.4, 0.5) is 23.1 Å². The maximum Gasteiger partial charge on any atom is 0.229 e. The van der Waals surface area contributed by atoms with E-state index in [1.807, 2.05) is 20.0 Å². The van der Waals surface area contributed by atoms with Crippen LogP contribution in [0.3, 0.4) is 0 Å². The first-order valence-corrected chi connectivity index (χ1v) is 9.75. The number of ether oxygens (including phenoxy) is 1. The van der Waals surface area contributed by atoms with E-state index >= 15 is 0 Å². The van der Waals surface area contributed by atoms with Gasteiger partial charge in [-0.25, -0.2) is 4.98 Å². The lowest BCUT2D eigenvalue weighted by atomic mass is 10.0. The van der Waals surface area contributed by atoms with Crippen molar-refractivity contribution in [3.8, 4) is 5.75 Å². The molecule has 2 saturated heterocycles. The molecule has 0 bridgehead atoms. The fraction of sp³-hybridized carbons (Fsp3) is 0.500. The maximum absolute atomic E-state index is 6.00. The lowest BCUT2D eigenvalue weighted by Gasteiger charge is -2.23. The predicted octanol–water partition coefficient (Wildman–Crippen LogP) is 2.16. The molecule has 1 aromatic carbocycles. The standard InChI is InChI=1S/C20H26N6O/c1-12-5-18(21-2)25-20(23-12)24-16-6-13-3-4-27-19(13)17(7-16)26-10-14-8-22-9-15(14)11-26/h5-7,14-15,22H,3-4,8-11H2,1-2H3,(H2,21,23,24,25). The quantitative estimate of drug-likeness (QED) is 0.766. The van der Waals surface area contributed by atoms with Gasteiger partial charge >= 0.3 is 0 Å². The molecule has 2 unspecified atom stereocenters. The molecular weight excluding hydrogens is 340 g/mol. The highest BCUT2D eigenvalue weighted by atomic mass is 16.5. The summed E-state index contributed by atoms with van der Waals surface area (Å²) in [4.78, 5) is 11.6. The number of benzene rings is 1. The highest BCUT2D eigenvalue weighted by molar-refractivity contribution is 5.73. The second-order valence-electron chi connectivity index (χ2n) is 7.76. The Morgan fingerprint density at radius 3 is 2.74 bits per heavy atom. The Bertz CT molecular complexity index is 858. The number of hydrogen-bond donors (Lipinski definition) is 3. The molecule has 2 fully saturated rings. The molecule has 142 valence electrons. The van der Waals surface area contributed by atoms with Gasteiger partial charge in [-0.3, -0.25) is 0 Å². The first-order valence-electron chi connectivity index (χ1n) is 9.75. The number of nitrogens with one attached hydrogen (secondary N) is 3. The highest BCUT2D eigenvalue weighted by Crippen LogP contribution is 2.42. The molecular formula is C20H26N6O. The topological polar surface area (TPSA) is 74.3 Å². The Labute approximate surface area is 159 Å². The molecule has 5 rings (SSSR count). The number of nitrogens with zero attached hydrogens (tertiary/aromatic N) is 3. The first kappa shape index (κ1) is 16.6. The summed E-state index contributed by atoms with van der Waals surface area (Å²) >= 11 is 0. The lowest BCUT2D eigenvalue weighted by molar-refractivity contribution is 0.357. The van der Waals surface area contributed by atoms with E-state index in [0.29, 0.717) is 5.95 Å². The number of fused-ring (bicyclic) bond motifs is 2. The molecule has 7 nitrogen and oxygen atoms in total. The van der Waals surface area contributed by atoms with Crippen molar-refractivity contribution in [2.75, 3.05) is 55.4 Å². The van der Waals surface area contributed by atoms with Crippen LogP contribution < -0.4 is 25.6 Å². The summed E-state index contributed by atoms with van der Waals surface area (Å²) in [5.41, 5.74) is 4.44. The fourth-order valence-electron chi connectivity index (χ4n) is 4.53. The lowest BCUT2D eigenvalue weighted by Crippen LogP contribution is -2.25. The average Bonchev–Trinajstić information content (AvgIpc) is 3.36. The first-order chi connectivity index (χ1) is 13.2. The smallest absolute Gasteiger partial charge is 0.229 e. The zero-order valence-electron chi connectivity index (χ0n) is 15.9. The Balaban J connectivity index is 1.46. The van der Waals surface area contributed by atoms with E-state index in [4.69, 9.17) is 4.74 Å². The average molecular weight is 366 g/mol. The van der Waals surface area contributed by atoms with E-state index in [9.17, 15) is 0 Å². The minimum atomic E-state index is 0.617. The van der Waals surface area contributed by atoms with Crippen molar-refractivity contribution >= 4 is 23.1 Å². The Morgan fingerprint density at radius 1 is 1.15 bits per heavy atom. The monoisotopic (exact) mass is 366 g/mol. The molecule has 0 spiro atoms. The van der Waals surface area contributed by atoms with E-state index < -0.39 is 0 Å². The fourth-order valence-corrected chi connectivity index (χ4v) is 4.53. The molecule has 0 radical (unpaired) electrons. The van der Waals surface area contributed by atoms with E-state index in [1.54, 1.807) is 0 Å². The molecule has 2 atom stereocenters. The predicted molar refractivity (Wildman–Crippen MR) is 107 cm³/mol. The van der Waals surface area contributed by atoms with Crippen molar-refractivity contribution in [1.82, 2.24) is 15.3 Å². The summed E-state index contributed by atoms with van der Waals surface area (Å²) in [7, 11) is 1.87. The van der Waals surface area contributed by atoms with Gasteiger partial charge in [0.2, 0.25) is 5.95 Å². The molecule has 3 aliphatic rings. The summed E-state index contributed by atoms with van der Waals surface area (Å²) in [6.45, 7) is 7.20. The Morgan fingerprint density at radius 2 is 1.96 bits per heavy atom. The number of aryl methyl sites for hydroxylation is 1. The van der Waals surface area contributed by atoms with E-state index in [-0.39, 0.29) is 0 Å². The molecule has 3 aliphatic heterocycles. The minimum Gasteiger partial charge on any atom is -0.491 e. The molecule has 7 heteroatoms. The molecule has 2 aromatic rings. The largest absolute Gasteiger partial charge is 0.491 e. The minimum absolute atomic E-state index is 0.617. The van der Waals surface area contributed by atoms with E-state index in [0.717, 1.165) is 74.0 Å². The van der Waals surface area contributed by atoms with Gasteiger partial charge in [0.25, 0.3) is 0 Å². The SMILES string of the molecule is CNc1cc(C)nc(Nc2cc3c(c(N4CC5CNCC5C4)c2)OCC3)n1. The van der Waals surface area contributed by atoms with Gasteiger partial charge in [-0.1, -0.05) is 0 Å². The molecule has 0 aliphatic carbocycles. The van der Waals surface area contributed by atoms with E-state index in [2.05, 4.69) is 43.0 Å². The highest BCUT2D eigenvalue weighted by Gasteiger charge is 2.37. The number of aromatic nitrogens is 2. The van der Waals surface area contributed by atoms with Crippen molar-refractivity contribution in [3.05, 3.63) is 29.5 Å². The Hall–Kier alpha value is -2.54. The van der Waals surface area contributed by atoms with Gasteiger partial charge in [0.15, 0.2) is 0 Å².